The molecule has 1 rings (SSSR count). The summed E-state index contributed by atoms with van der Waals surface area (Å²) in [7, 11) is 0. The molecule has 22 heavy (non-hydrogen) atoms. The van der Waals surface area contributed by atoms with Crippen molar-refractivity contribution in [3.8, 4) is 11.5 Å². The maximum Gasteiger partial charge on any atom is 0.123 e. The van der Waals surface area contributed by atoms with E-state index >= 15 is 0 Å². The second-order valence-electron chi connectivity index (χ2n) is 5.02. The molecule has 0 radical (unpaired) electrons. The van der Waals surface area contributed by atoms with Gasteiger partial charge in [0.25, 0.3) is 0 Å². The van der Waals surface area contributed by atoms with Crippen LogP contribution in [0.3, 0.4) is 0 Å². The molecule has 0 amide bonds. The summed E-state index contributed by atoms with van der Waals surface area (Å²) < 4.78 is 11.1. The lowest BCUT2D eigenvalue weighted by Gasteiger charge is -2.15. The van der Waals surface area contributed by atoms with Crippen molar-refractivity contribution in [2.45, 2.75) is 26.1 Å². The van der Waals surface area contributed by atoms with Gasteiger partial charge in [-0.05, 0) is 25.2 Å². The Kier molecular flexibility index (Phi) is 9.57. The van der Waals surface area contributed by atoms with Crippen molar-refractivity contribution in [1.29, 1.82) is 0 Å². The number of likely N-dealkylation sites (N-methyl/N-ethyl adjacent to an activating group) is 2. The average molecular weight is 312 g/mol. The number of ether oxygens (including phenoxy) is 2. The highest BCUT2D eigenvalue weighted by Crippen LogP contribution is 2.19. The summed E-state index contributed by atoms with van der Waals surface area (Å²) in [5, 5.41) is 25.5. The molecule has 1 aromatic rings. The third kappa shape index (κ3) is 8.19. The smallest absolute Gasteiger partial charge is 0.123 e. The van der Waals surface area contributed by atoms with Gasteiger partial charge in [0.05, 0.1) is 0 Å². The van der Waals surface area contributed by atoms with Crippen LogP contribution in [0.5, 0.6) is 11.5 Å². The molecule has 0 spiro atoms. The molecule has 0 aliphatic rings. The van der Waals surface area contributed by atoms with Gasteiger partial charge in [0.15, 0.2) is 0 Å². The van der Waals surface area contributed by atoms with Gasteiger partial charge in [-0.1, -0.05) is 19.9 Å². The van der Waals surface area contributed by atoms with Gasteiger partial charge in [-0.3, -0.25) is 0 Å². The van der Waals surface area contributed by atoms with Gasteiger partial charge < -0.3 is 30.3 Å². The lowest BCUT2D eigenvalue weighted by Crippen LogP contribution is -2.31. The van der Waals surface area contributed by atoms with Crippen molar-refractivity contribution in [3.05, 3.63) is 24.3 Å². The number of hydrogen-bond acceptors (Lipinski definition) is 6. The van der Waals surface area contributed by atoms with Crippen LogP contribution in [-0.2, 0) is 0 Å². The van der Waals surface area contributed by atoms with Crippen molar-refractivity contribution in [2.24, 2.45) is 0 Å². The van der Waals surface area contributed by atoms with Crippen LogP contribution in [-0.4, -0.2) is 61.8 Å². The summed E-state index contributed by atoms with van der Waals surface area (Å²) in [6.07, 6.45) is -1.10. The predicted molar refractivity (Wildman–Crippen MR) is 86.5 cm³/mol. The maximum atomic E-state index is 9.71. The highest BCUT2D eigenvalue weighted by Gasteiger charge is 2.07. The Morgan fingerprint density at radius 3 is 1.77 bits per heavy atom. The third-order valence-corrected chi connectivity index (χ3v) is 2.95. The summed E-state index contributed by atoms with van der Waals surface area (Å²) in [5.41, 5.74) is 0. The largest absolute Gasteiger partial charge is 0.491 e. The van der Waals surface area contributed by atoms with Gasteiger partial charge in [-0.15, -0.1) is 0 Å². The van der Waals surface area contributed by atoms with Crippen LogP contribution in [0.25, 0.3) is 0 Å². The van der Waals surface area contributed by atoms with Gasteiger partial charge >= 0.3 is 0 Å². The molecule has 0 aliphatic carbocycles. The predicted octanol–water partition coefficient (Wildman–Crippen LogP) is 0.385. The molecular weight excluding hydrogens is 284 g/mol. The fraction of sp³-hybridized carbons (Fsp3) is 0.625. The first-order valence-electron chi connectivity index (χ1n) is 7.78. The highest BCUT2D eigenvalue weighted by atomic mass is 16.5. The number of benzene rings is 1. The van der Waals surface area contributed by atoms with Gasteiger partial charge in [0.2, 0.25) is 0 Å². The molecule has 1 aromatic carbocycles. The minimum Gasteiger partial charge on any atom is -0.491 e. The van der Waals surface area contributed by atoms with Gasteiger partial charge in [-0.2, -0.15) is 0 Å². The maximum absolute atomic E-state index is 9.71. The van der Waals surface area contributed by atoms with E-state index in [0.29, 0.717) is 24.6 Å². The molecule has 0 aromatic heterocycles. The van der Waals surface area contributed by atoms with E-state index < -0.39 is 12.2 Å². The minimum absolute atomic E-state index is 0.222. The molecule has 2 unspecified atom stereocenters. The lowest BCUT2D eigenvalue weighted by atomic mass is 10.3. The standard InChI is InChI=1S/C16H28N2O4/c1-3-17-9-13(19)11-21-15-6-5-7-16(8-15)22-12-14(20)10-18-4-2/h5-8,13-14,17-20H,3-4,9-12H2,1-2H3. The van der Waals surface area contributed by atoms with Crippen LogP contribution < -0.4 is 20.1 Å². The Morgan fingerprint density at radius 1 is 0.909 bits per heavy atom. The number of aliphatic hydroxyl groups is 2. The van der Waals surface area contributed by atoms with E-state index in [-0.39, 0.29) is 13.2 Å². The molecule has 0 aliphatic heterocycles. The average Bonchev–Trinajstić information content (AvgIpc) is 2.54. The monoisotopic (exact) mass is 312 g/mol. The van der Waals surface area contributed by atoms with Crippen molar-refractivity contribution in [1.82, 2.24) is 10.6 Å². The molecule has 126 valence electrons. The summed E-state index contributed by atoms with van der Waals surface area (Å²) in [4.78, 5) is 0. The summed E-state index contributed by atoms with van der Waals surface area (Å²) >= 11 is 0. The van der Waals surface area contributed by atoms with Crippen LogP contribution in [0, 0.1) is 0 Å². The van der Waals surface area contributed by atoms with Crippen molar-refractivity contribution in [2.75, 3.05) is 39.4 Å². The lowest BCUT2D eigenvalue weighted by molar-refractivity contribution is 0.103. The van der Waals surface area contributed by atoms with Crippen molar-refractivity contribution in [3.63, 3.8) is 0 Å². The van der Waals surface area contributed by atoms with E-state index in [4.69, 9.17) is 9.47 Å². The Labute approximate surface area is 132 Å². The van der Waals surface area contributed by atoms with Crippen molar-refractivity contribution < 1.29 is 19.7 Å². The molecule has 0 fully saturated rings. The Hall–Kier alpha value is -1.34. The molecule has 2 atom stereocenters. The molecule has 0 saturated carbocycles. The zero-order valence-electron chi connectivity index (χ0n) is 13.4. The van der Waals surface area contributed by atoms with Gasteiger partial charge in [0, 0.05) is 19.2 Å². The van der Waals surface area contributed by atoms with E-state index in [1.165, 1.54) is 0 Å². The number of rotatable bonds is 12. The fourth-order valence-electron chi connectivity index (χ4n) is 1.78. The van der Waals surface area contributed by atoms with E-state index in [2.05, 4.69) is 10.6 Å². The third-order valence-electron chi connectivity index (χ3n) is 2.95. The van der Waals surface area contributed by atoms with Crippen molar-refractivity contribution >= 4 is 0 Å². The summed E-state index contributed by atoms with van der Waals surface area (Å²) in [6.45, 7) is 7.05. The molecule has 6 nitrogen and oxygen atoms in total. The number of aliphatic hydroxyl groups excluding tert-OH is 2. The van der Waals surface area contributed by atoms with E-state index in [9.17, 15) is 10.2 Å². The molecule has 4 N–H and O–H groups in total. The Balaban J connectivity index is 2.35. The Bertz CT molecular complexity index is 370. The van der Waals surface area contributed by atoms with Crippen LogP contribution >= 0.6 is 0 Å². The van der Waals surface area contributed by atoms with Crippen LogP contribution in [0.1, 0.15) is 13.8 Å². The molecule has 0 saturated heterocycles. The minimum atomic E-state index is -0.550. The highest BCUT2D eigenvalue weighted by molar-refractivity contribution is 5.32. The first-order chi connectivity index (χ1) is 10.7. The number of hydrogen-bond donors (Lipinski definition) is 4. The Morgan fingerprint density at radius 2 is 1.36 bits per heavy atom. The second-order valence-corrected chi connectivity index (χ2v) is 5.02. The SMILES string of the molecule is CCNCC(O)COc1cccc(OCC(O)CNCC)c1. The zero-order chi connectivity index (χ0) is 16.2. The fourth-order valence-corrected chi connectivity index (χ4v) is 1.78. The van der Waals surface area contributed by atoms with E-state index in [1.807, 2.05) is 32.0 Å². The first-order valence-corrected chi connectivity index (χ1v) is 7.78. The topological polar surface area (TPSA) is 83.0 Å². The van der Waals surface area contributed by atoms with Gasteiger partial charge in [0.1, 0.15) is 36.9 Å². The normalized spacial score (nSPS) is 13.6. The quantitative estimate of drug-likeness (QED) is 0.447. The molecular formula is C16H28N2O4. The molecule has 0 bridgehead atoms. The van der Waals surface area contributed by atoms with Crippen LogP contribution in [0.2, 0.25) is 0 Å². The molecule has 0 heterocycles. The summed E-state index contributed by atoms with van der Waals surface area (Å²) in [5.74, 6) is 1.27. The number of nitrogens with one attached hydrogen (secondary N) is 2. The molecule has 6 heteroatoms. The second kappa shape index (κ2) is 11.3. The van der Waals surface area contributed by atoms with Gasteiger partial charge in [-0.25, -0.2) is 0 Å². The summed E-state index contributed by atoms with van der Waals surface area (Å²) in [6, 6.07) is 7.18. The van der Waals surface area contributed by atoms with Crippen LogP contribution in [0.4, 0.5) is 0 Å². The zero-order valence-corrected chi connectivity index (χ0v) is 13.4. The first kappa shape index (κ1) is 18.7. The van der Waals surface area contributed by atoms with E-state index in [1.54, 1.807) is 6.07 Å². The van der Waals surface area contributed by atoms with E-state index in [0.717, 1.165) is 13.1 Å². The van der Waals surface area contributed by atoms with Crippen LogP contribution in [0.15, 0.2) is 24.3 Å².